The van der Waals surface area contributed by atoms with Crippen molar-refractivity contribution in [2.45, 2.75) is 18.9 Å². The molecule has 2 aromatic heterocycles. The van der Waals surface area contributed by atoms with E-state index < -0.39 is 0 Å². The SMILES string of the molecule is Cc1cccc(NC(=O)CSc2nnc(-c3ccc4c(c3)OCO4)c3sc(C)nc23)c1. The first kappa shape index (κ1) is 19.8. The minimum absolute atomic E-state index is 0.0997. The Morgan fingerprint density at radius 2 is 2.00 bits per heavy atom. The molecule has 0 radical (unpaired) electrons. The monoisotopic (exact) mass is 450 g/mol. The molecule has 7 nitrogen and oxygen atoms in total. The number of aromatic nitrogens is 3. The van der Waals surface area contributed by atoms with E-state index in [9.17, 15) is 4.79 Å². The van der Waals surface area contributed by atoms with Crippen LogP contribution in [0.2, 0.25) is 0 Å². The highest BCUT2D eigenvalue weighted by Crippen LogP contribution is 2.39. The van der Waals surface area contributed by atoms with Crippen LogP contribution in [0.25, 0.3) is 21.5 Å². The summed E-state index contributed by atoms with van der Waals surface area (Å²) in [5, 5.41) is 13.3. The highest BCUT2D eigenvalue weighted by Gasteiger charge is 2.20. The standard InChI is InChI=1S/C22H18N4O3S2/c1-12-4-3-5-15(8-12)24-18(27)10-30-22-20-21(31-13(2)23-20)19(25-26-22)14-6-7-16-17(9-14)29-11-28-16/h3-9H,10-11H2,1-2H3,(H,24,27). The van der Waals surface area contributed by atoms with Crippen LogP contribution in [0.4, 0.5) is 5.69 Å². The third kappa shape index (κ3) is 4.06. The Labute approximate surface area is 186 Å². The molecule has 1 amide bonds. The van der Waals surface area contributed by atoms with Crippen LogP contribution in [0.15, 0.2) is 47.5 Å². The summed E-state index contributed by atoms with van der Waals surface area (Å²) in [4.78, 5) is 17.1. The Bertz CT molecular complexity index is 1310. The van der Waals surface area contributed by atoms with Crippen LogP contribution in [0.5, 0.6) is 11.5 Å². The van der Waals surface area contributed by atoms with E-state index in [4.69, 9.17) is 9.47 Å². The number of benzene rings is 2. The van der Waals surface area contributed by atoms with Crippen molar-refractivity contribution in [1.29, 1.82) is 0 Å². The second-order valence-electron chi connectivity index (χ2n) is 7.04. The fourth-order valence-corrected chi connectivity index (χ4v) is 5.02. The fourth-order valence-electron chi connectivity index (χ4n) is 3.30. The van der Waals surface area contributed by atoms with Crippen molar-refractivity contribution >= 4 is 44.9 Å². The highest BCUT2D eigenvalue weighted by atomic mass is 32.2. The molecule has 3 heterocycles. The first-order chi connectivity index (χ1) is 15.1. The number of rotatable bonds is 5. The second-order valence-corrected chi connectivity index (χ2v) is 9.21. The smallest absolute Gasteiger partial charge is 0.234 e. The number of nitrogens with one attached hydrogen (secondary N) is 1. The first-order valence-corrected chi connectivity index (χ1v) is 11.4. The molecule has 0 atom stereocenters. The van der Waals surface area contributed by atoms with Gasteiger partial charge in [0.1, 0.15) is 16.2 Å². The number of anilines is 1. The van der Waals surface area contributed by atoms with E-state index in [0.29, 0.717) is 10.8 Å². The molecule has 1 aliphatic heterocycles. The van der Waals surface area contributed by atoms with Crippen molar-refractivity contribution in [2.75, 3.05) is 17.9 Å². The number of fused-ring (bicyclic) bond motifs is 2. The highest BCUT2D eigenvalue weighted by molar-refractivity contribution is 8.00. The van der Waals surface area contributed by atoms with E-state index in [2.05, 4.69) is 20.5 Å². The molecule has 31 heavy (non-hydrogen) atoms. The summed E-state index contributed by atoms with van der Waals surface area (Å²) in [6.45, 7) is 4.16. The number of hydrogen-bond donors (Lipinski definition) is 1. The Hall–Kier alpha value is -3.17. The molecule has 1 aliphatic rings. The average Bonchev–Trinajstić information content (AvgIpc) is 3.37. The number of nitrogens with zero attached hydrogens (tertiary/aromatic N) is 3. The normalized spacial score (nSPS) is 12.3. The van der Waals surface area contributed by atoms with E-state index in [1.54, 1.807) is 11.3 Å². The van der Waals surface area contributed by atoms with Crippen LogP contribution < -0.4 is 14.8 Å². The van der Waals surface area contributed by atoms with Gasteiger partial charge in [-0.05, 0) is 49.7 Å². The van der Waals surface area contributed by atoms with Crippen LogP contribution in [0, 0.1) is 13.8 Å². The van der Waals surface area contributed by atoms with Crippen LogP contribution in [-0.2, 0) is 4.79 Å². The molecule has 0 aliphatic carbocycles. The molecule has 0 saturated heterocycles. The zero-order chi connectivity index (χ0) is 21.4. The van der Waals surface area contributed by atoms with Gasteiger partial charge in [0.05, 0.1) is 15.5 Å². The third-order valence-electron chi connectivity index (χ3n) is 4.68. The van der Waals surface area contributed by atoms with E-state index in [1.807, 2.05) is 56.3 Å². The van der Waals surface area contributed by atoms with Crippen LogP contribution in [0.1, 0.15) is 10.6 Å². The largest absolute Gasteiger partial charge is 0.454 e. The Balaban J connectivity index is 1.39. The number of carbonyl (C=O) groups excluding carboxylic acids is 1. The number of aryl methyl sites for hydroxylation is 2. The number of carbonyl (C=O) groups is 1. The summed E-state index contributed by atoms with van der Waals surface area (Å²) >= 11 is 2.89. The maximum Gasteiger partial charge on any atom is 0.234 e. The minimum Gasteiger partial charge on any atom is -0.454 e. The van der Waals surface area contributed by atoms with Crippen LogP contribution in [0.3, 0.4) is 0 Å². The molecule has 5 rings (SSSR count). The molecule has 0 saturated carbocycles. The first-order valence-electron chi connectivity index (χ1n) is 9.60. The summed E-state index contributed by atoms with van der Waals surface area (Å²) in [7, 11) is 0. The lowest BCUT2D eigenvalue weighted by atomic mass is 10.1. The maximum absolute atomic E-state index is 12.4. The maximum atomic E-state index is 12.4. The molecule has 2 aromatic carbocycles. The molecule has 0 unspecified atom stereocenters. The van der Waals surface area contributed by atoms with Gasteiger partial charge in [0.15, 0.2) is 11.5 Å². The summed E-state index contributed by atoms with van der Waals surface area (Å²) in [5.41, 5.74) is 4.27. The quantitative estimate of drug-likeness (QED) is 0.436. The average molecular weight is 451 g/mol. The predicted molar refractivity (Wildman–Crippen MR) is 122 cm³/mol. The number of thioether (sulfide) groups is 1. The Morgan fingerprint density at radius 1 is 1.13 bits per heavy atom. The van der Waals surface area contributed by atoms with Gasteiger partial charge >= 0.3 is 0 Å². The molecule has 1 N–H and O–H groups in total. The fraction of sp³-hybridized carbons (Fsp3) is 0.182. The molecule has 0 bridgehead atoms. The van der Waals surface area contributed by atoms with E-state index >= 15 is 0 Å². The molecule has 9 heteroatoms. The lowest BCUT2D eigenvalue weighted by molar-refractivity contribution is -0.113. The summed E-state index contributed by atoms with van der Waals surface area (Å²) in [6, 6.07) is 13.4. The predicted octanol–water partition coefficient (Wildman–Crippen LogP) is 4.83. The Kier molecular flexibility index (Phi) is 5.21. The zero-order valence-electron chi connectivity index (χ0n) is 16.8. The van der Waals surface area contributed by atoms with Crippen LogP contribution >= 0.6 is 23.1 Å². The lowest BCUT2D eigenvalue weighted by Gasteiger charge is -2.07. The third-order valence-corrected chi connectivity index (χ3v) is 6.61. The molecular weight excluding hydrogens is 432 g/mol. The van der Waals surface area contributed by atoms with Gasteiger partial charge in [-0.2, -0.15) is 0 Å². The molecular formula is C22H18N4O3S2. The van der Waals surface area contributed by atoms with E-state index in [0.717, 1.165) is 43.5 Å². The molecule has 0 fully saturated rings. The lowest BCUT2D eigenvalue weighted by Crippen LogP contribution is -2.14. The second kappa shape index (κ2) is 8.16. The molecule has 156 valence electrons. The number of hydrogen-bond acceptors (Lipinski definition) is 8. The van der Waals surface area contributed by atoms with Crippen LogP contribution in [-0.4, -0.2) is 33.6 Å². The van der Waals surface area contributed by atoms with Gasteiger partial charge in [-0.1, -0.05) is 23.9 Å². The van der Waals surface area contributed by atoms with Gasteiger partial charge in [-0.25, -0.2) is 4.98 Å². The zero-order valence-corrected chi connectivity index (χ0v) is 18.5. The van der Waals surface area contributed by atoms with Gasteiger partial charge < -0.3 is 14.8 Å². The van der Waals surface area contributed by atoms with Crippen molar-refractivity contribution in [3.05, 3.63) is 53.0 Å². The molecule has 4 aromatic rings. The number of ether oxygens (including phenoxy) is 2. The van der Waals surface area contributed by atoms with Crippen molar-refractivity contribution in [3.63, 3.8) is 0 Å². The van der Waals surface area contributed by atoms with Gasteiger partial charge in [-0.3, -0.25) is 4.79 Å². The van der Waals surface area contributed by atoms with Gasteiger partial charge in [0.25, 0.3) is 0 Å². The van der Waals surface area contributed by atoms with Gasteiger partial charge in [0.2, 0.25) is 12.7 Å². The van der Waals surface area contributed by atoms with Gasteiger partial charge in [-0.15, -0.1) is 21.5 Å². The van der Waals surface area contributed by atoms with Crippen molar-refractivity contribution in [3.8, 4) is 22.8 Å². The van der Waals surface area contributed by atoms with Crippen molar-refractivity contribution in [1.82, 2.24) is 15.2 Å². The summed E-state index contributed by atoms with van der Waals surface area (Å²) in [6.07, 6.45) is 0. The molecule has 0 spiro atoms. The number of thiazole rings is 1. The number of amides is 1. The minimum atomic E-state index is -0.0997. The topological polar surface area (TPSA) is 86.2 Å². The van der Waals surface area contributed by atoms with Crippen molar-refractivity contribution < 1.29 is 14.3 Å². The van der Waals surface area contributed by atoms with E-state index in [1.165, 1.54) is 11.8 Å². The summed E-state index contributed by atoms with van der Waals surface area (Å²) < 4.78 is 11.8. The Morgan fingerprint density at radius 3 is 2.87 bits per heavy atom. The van der Waals surface area contributed by atoms with Crippen molar-refractivity contribution in [2.24, 2.45) is 0 Å². The van der Waals surface area contributed by atoms with E-state index in [-0.39, 0.29) is 18.5 Å². The summed E-state index contributed by atoms with van der Waals surface area (Å²) in [5.74, 6) is 1.54. The van der Waals surface area contributed by atoms with Gasteiger partial charge in [0, 0.05) is 11.3 Å².